The Hall–Kier alpha value is 0.180. The Morgan fingerprint density at radius 2 is 2.22 bits per heavy atom. The minimum absolute atomic E-state index is 0.0951. The van der Waals surface area contributed by atoms with Crippen LogP contribution in [0.1, 0.15) is 32.6 Å². The standard InChI is InChI=1S/C11H24N2O3S2/c1-10(17-2)6-7-12-18(15,16)13-8-4-3-5-11(13)9-14/h10-12,14H,3-9H2,1-2H3. The maximum atomic E-state index is 12.1. The van der Waals surface area contributed by atoms with Gasteiger partial charge in [0.1, 0.15) is 0 Å². The van der Waals surface area contributed by atoms with Crippen molar-refractivity contribution in [1.82, 2.24) is 9.03 Å². The van der Waals surface area contributed by atoms with Crippen LogP contribution in [0.4, 0.5) is 0 Å². The number of hydrogen-bond donors (Lipinski definition) is 2. The fourth-order valence-corrected chi connectivity index (χ4v) is 3.89. The highest BCUT2D eigenvalue weighted by Gasteiger charge is 2.31. The van der Waals surface area contributed by atoms with Crippen LogP contribution in [0.2, 0.25) is 0 Å². The molecule has 0 aromatic heterocycles. The summed E-state index contributed by atoms with van der Waals surface area (Å²) >= 11 is 1.73. The molecule has 18 heavy (non-hydrogen) atoms. The lowest BCUT2D eigenvalue weighted by molar-refractivity contribution is 0.154. The van der Waals surface area contributed by atoms with Gasteiger partial charge in [0.05, 0.1) is 6.61 Å². The van der Waals surface area contributed by atoms with Gasteiger partial charge in [-0.25, -0.2) is 4.72 Å². The number of nitrogens with one attached hydrogen (secondary N) is 1. The van der Waals surface area contributed by atoms with Crippen molar-refractivity contribution in [2.24, 2.45) is 0 Å². The predicted molar refractivity (Wildman–Crippen MR) is 75.9 cm³/mol. The van der Waals surface area contributed by atoms with E-state index in [4.69, 9.17) is 0 Å². The lowest BCUT2D eigenvalue weighted by Gasteiger charge is -2.33. The maximum absolute atomic E-state index is 12.1. The fraction of sp³-hybridized carbons (Fsp3) is 1.00. The van der Waals surface area contributed by atoms with Gasteiger partial charge in [-0.3, -0.25) is 0 Å². The summed E-state index contributed by atoms with van der Waals surface area (Å²) < 4.78 is 28.3. The first kappa shape index (κ1) is 16.2. The molecule has 0 saturated carbocycles. The third-order valence-corrected chi connectivity index (χ3v) is 6.04. The summed E-state index contributed by atoms with van der Waals surface area (Å²) in [6, 6.07) is -0.255. The van der Waals surface area contributed by atoms with Crippen molar-refractivity contribution in [1.29, 1.82) is 0 Å². The summed E-state index contributed by atoms with van der Waals surface area (Å²) in [7, 11) is -3.43. The molecule has 2 N–H and O–H groups in total. The summed E-state index contributed by atoms with van der Waals surface area (Å²) in [5.74, 6) is 0. The molecule has 1 aliphatic rings. The van der Waals surface area contributed by atoms with Crippen molar-refractivity contribution in [2.45, 2.75) is 43.9 Å². The van der Waals surface area contributed by atoms with E-state index in [1.54, 1.807) is 11.8 Å². The predicted octanol–water partition coefficient (Wildman–Crippen LogP) is 0.809. The van der Waals surface area contributed by atoms with Crippen molar-refractivity contribution >= 4 is 22.0 Å². The highest BCUT2D eigenvalue weighted by Crippen LogP contribution is 2.19. The molecule has 108 valence electrons. The zero-order chi connectivity index (χ0) is 13.6. The first-order valence-electron chi connectivity index (χ1n) is 6.41. The molecule has 0 aliphatic carbocycles. The van der Waals surface area contributed by atoms with Crippen molar-refractivity contribution in [3.8, 4) is 0 Å². The van der Waals surface area contributed by atoms with Gasteiger partial charge in [-0.2, -0.15) is 24.5 Å². The molecule has 1 rings (SSSR count). The maximum Gasteiger partial charge on any atom is 0.279 e. The second kappa shape index (κ2) is 7.69. The van der Waals surface area contributed by atoms with E-state index in [0.29, 0.717) is 18.3 Å². The van der Waals surface area contributed by atoms with Gasteiger partial charge in [0.25, 0.3) is 10.2 Å². The largest absolute Gasteiger partial charge is 0.395 e. The van der Waals surface area contributed by atoms with Gasteiger partial charge in [0.15, 0.2) is 0 Å². The molecule has 7 heteroatoms. The van der Waals surface area contributed by atoms with Gasteiger partial charge < -0.3 is 5.11 Å². The second-order valence-corrected chi connectivity index (χ2v) is 7.66. The van der Waals surface area contributed by atoms with Crippen LogP contribution < -0.4 is 4.72 Å². The van der Waals surface area contributed by atoms with E-state index in [2.05, 4.69) is 11.6 Å². The Morgan fingerprint density at radius 1 is 1.50 bits per heavy atom. The Bertz CT molecular complexity index is 335. The zero-order valence-corrected chi connectivity index (χ0v) is 12.8. The number of hydrogen-bond acceptors (Lipinski definition) is 4. The van der Waals surface area contributed by atoms with Crippen LogP contribution in [0, 0.1) is 0 Å². The molecule has 2 unspecified atom stereocenters. The quantitative estimate of drug-likeness (QED) is 0.729. The second-order valence-electron chi connectivity index (χ2n) is 4.68. The number of thioether (sulfide) groups is 1. The summed E-state index contributed by atoms with van der Waals surface area (Å²) in [5.41, 5.74) is 0. The number of piperidine rings is 1. The van der Waals surface area contributed by atoms with E-state index in [-0.39, 0.29) is 12.6 Å². The van der Waals surface area contributed by atoms with E-state index in [1.165, 1.54) is 4.31 Å². The van der Waals surface area contributed by atoms with Crippen LogP contribution in [0.5, 0.6) is 0 Å². The summed E-state index contributed by atoms with van der Waals surface area (Å²) in [4.78, 5) is 0. The molecule has 1 fully saturated rings. The molecule has 0 aromatic carbocycles. The lowest BCUT2D eigenvalue weighted by Crippen LogP contribution is -2.50. The van der Waals surface area contributed by atoms with Crippen LogP contribution in [0.15, 0.2) is 0 Å². The minimum atomic E-state index is -3.43. The molecule has 0 aromatic rings. The first-order valence-corrected chi connectivity index (χ1v) is 9.14. The summed E-state index contributed by atoms with van der Waals surface area (Å²) in [6.45, 7) is 2.95. The van der Waals surface area contributed by atoms with Crippen LogP contribution in [-0.4, -0.2) is 55.1 Å². The molecular weight excluding hydrogens is 272 g/mol. The molecule has 1 saturated heterocycles. The van der Waals surface area contributed by atoms with Gasteiger partial charge in [-0.1, -0.05) is 13.3 Å². The third kappa shape index (κ3) is 4.70. The van der Waals surface area contributed by atoms with Crippen molar-refractivity contribution in [2.75, 3.05) is 26.0 Å². The molecule has 0 radical (unpaired) electrons. The van der Waals surface area contributed by atoms with Crippen molar-refractivity contribution in [3.05, 3.63) is 0 Å². The average molecular weight is 296 g/mol. The highest BCUT2D eigenvalue weighted by molar-refractivity contribution is 7.99. The molecule has 5 nitrogen and oxygen atoms in total. The van der Waals surface area contributed by atoms with Crippen LogP contribution >= 0.6 is 11.8 Å². The number of rotatable bonds is 7. The minimum Gasteiger partial charge on any atom is -0.395 e. The molecule has 1 heterocycles. The van der Waals surface area contributed by atoms with Crippen LogP contribution in [0.25, 0.3) is 0 Å². The summed E-state index contributed by atoms with van der Waals surface area (Å²) in [5, 5.41) is 9.69. The average Bonchev–Trinajstić information content (AvgIpc) is 2.38. The van der Waals surface area contributed by atoms with Gasteiger partial charge in [-0.15, -0.1) is 0 Å². The fourth-order valence-electron chi connectivity index (χ4n) is 2.06. The van der Waals surface area contributed by atoms with Gasteiger partial charge in [0.2, 0.25) is 0 Å². The van der Waals surface area contributed by atoms with Gasteiger partial charge in [-0.05, 0) is 25.5 Å². The van der Waals surface area contributed by atoms with Crippen LogP contribution in [0.3, 0.4) is 0 Å². The monoisotopic (exact) mass is 296 g/mol. The number of nitrogens with zero attached hydrogens (tertiary/aromatic N) is 1. The van der Waals surface area contributed by atoms with Crippen LogP contribution in [-0.2, 0) is 10.2 Å². The number of aliphatic hydroxyl groups excluding tert-OH is 1. The molecule has 0 spiro atoms. The smallest absolute Gasteiger partial charge is 0.279 e. The molecule has 2 atom stereocenters. The Kier molecular flexibility index (Phi) is 6.94. The van der Waals surface area contributed by atoms with E-state index < -0.39 is 10.2 Å². The lowest BCUT2D eigenvalue weighted by atomic mass is 10.1. The van der Waals surface area contributed by atoms with E-state index >= 15 is 0 Å². The molecule has 0 bridgehead atoms. The Labute approximate surface area is 115 Å². The van der Waals surface area contributed by atoms with E-state index in [1.807, 2.05) is 6.26 Å². The van der Waals surface area contributed by atoms with Crippen molar-refractivity contribution in [3.63, 3.8) is 0 Å². The van der Waals surface area contributed by atoms with Crippen molar-refractivity contribution < 1.29 is 13.5 Å². The SMILES string of the molecule is CSC(C)CCNS(=O)(=O)N1CCCCC1CO. The highest BCUT2D eigenvalue weighted by atomic mass is 32.2. The van der Waals surface area contributed by atoms with E-state index in [9.17, 15) is 13.5 Å². The van der Waals surface area contributed by atoms with Gasteiger partial charge in [0, 0.05) is 24.4 Å². The molecular formula is C11H24N2O3S2. The molecule has 0 amide bonds. The topological polar surface area (TPSA) is 69.6 Å². The number of aliphatic hydroxyl groups is 1. The Balaban J connectivity index is 2.50. The Morgan fingerprint density at radius 3 is 2.83 bits per heavy atom. The molecule has 1 aliphatic heterocycles. The third-order valence-electron chi connectivity index (χ3n) is 3.33. The normalized spacial score (nSPS) is 24.1. The summed E-state index contributed by atoms with van der Waals surface area (Å²) in [6.07, 6.45) is 5.45. The van der Waals surface area contributed by atoms with Gasteiger partial charge >= 0.3 is 0 Å². The first-order chi connectivity index (χ1) is 8.51. The zero-order valence-electron chi connectivity index (χ0n) is 11.1. The van der Waals surface area contributed by atoms with E-state index in [0.717, 1.165) is 25.7 Å².